The van der Waals surface area contributed by atoms with Crippen molar-refractivity contribution in [2.24, 2.45) is 0 Å². The van der Waals surface area contributed by atoms with E-state index in [0.29, 0.717) is 17.8 Å². The van der Waals surface area contributed by atoms with Gasteiger partial charge in [0.1, 0.15) is 11.9 Å². The van der Waals surface area contributed by atoms with Crippen LogP contribution in [0.5, 0.6) is 0 Å². The Bertz CT molecular complexity index is 1110. The number of benzene rings is 2. The number of anilines is 1. The molecule has 3 rings (SSSR count). The molecule has 1 aromatic heterocycles. The number of nitrogen functional groups attached to an aromatic ring is 1. The molecule has 34 heavy (non-hydrogen) atoms. The fourth-order valence-corrected chi connectivity index (χ4v) is 3.41. The summed E-state index contributed by atoms with van der Waals surface area (Å²) in [6.07, 6.45) is 1.94. The average Bonchev–Trinajstić information content (AvgIpc) is 2.84. The van der Waals surface area contributed by atoms with Gasteiger partial charge in [-0.15, -0.1) is 0 Å². The van der Waals surface area contributed by atoms with E-state index in [1.54, 1.807) is 19.2 Å². The van der Waals surface area contributed by atoms with E-state index in [1.165, 1.54) is 12.3 Å². The minimum Gasteiger partial charge on any atom is -0.384 e. The number of carbonyl (C=O) groups is 2. The number of halogens is 2. The SMILES string of the molecule is CN[C@H](Cc1ccccc1)C(=O)N[C@@H](Cc1ccc(F)c(F)c1)C(=O)NCc1ccc(N)nc1. The number of hydrogen-bond acceptors (Lipinski definition) is 5. The maximum atomic E-state index is 13.7. The van der Waals surface area contributed by atoms with Crippen molar-refractivity contribution in [1.29, 1.82) is 0 Å². The molecule has 178 valence electrons. The molecule has 0 aliphatic carbocycles. The van der Waals surface area contributed by atoms with Gasteiger partial charge in [0, 0.05) is 19.2 Å². The van der Waals surface area contributed by atoms with Crippen LogP contribution in [-0.2, 0) is 29.0 Å². The molecule has 0 saturated carbocycles. The van der Waals surface area contributed by atoms with E-state index < -0.39 is 29.6 Å². The maximum Gasteiger partial charge on any atom is 0.243 e. The lowest BCUT2D eigenvalue weighted by Gasteiger charge is -2.22. The van der Waals surface area contributed by atoms with Gasteiger partial charge >= 0.3 is 0 Å². The highest BCUT2D eigenvalue weighted by Gasteiger charge is 2.25. The Morgan fingerprint density at radius 3 is 2.24 bits per heavy atom. The molecule has 0 saturated heterocycles. The Hall–Kier alpha value is -3.85. The smallest absolute Gasteiger partial charge is 0.243 e. The van der Waals surface area contributed by atoms with Gasteiger partial charge in [-0.2, -0.15) is 0 Å². The summed E-state index contributed by atoms with van der Waals surface area (Å²) in [6.45, 7) is 0.162. The van der Waals surface area contributed by atoms with Crippen molar-refractivity contribution >= 4 is 17.6 Å². The van der Waals surface area contributed by atoms with Crippen LogP contribution in [0.25, 0.3) is 0 Å². The molecular formula is C25H27F2N5O2. The highest BCUT2D eigenvalue weighted by Crippen LogP contribution is 2.12. The van der Waals surface area contributed by atoms with Crippen molar-refractivity contribution in [2.75, 3.05) is 12.8 Å². The second kappa shape index (κ2) is 11.9. The number of nitrogens with zero attached hydrogens (tertiary/aromatic N) is 1. The topological polar surface area (TPSA) is 109 Å². The van der Waals surface area contributed by atoms with Crippen LogP contribution in [0.1, 0.15) is 16.7 Å². The van der Waals surface area contributed by atoms with Gasteiger partial charge in [0.05, 0.1) is 6.04 Å². The van der Waals surface area contributed by atoms with Crippen molar-refractivity contribution in [3.63, 3.8) is 0 Å². The molecule has 2 atom stereocenters. The quantitative estimate of drug-likeness (QED) is 0.365. The van der Waals surface area contributed by atoms with Crippen molar-refractivity contribution in [3.05, 3.63) is 95.2 Å². The molecule has 0 aliphatic rings. The van der Waals surface area contributed by atoms with Gasteiger partial charge < -0.3 is 21.7 Å². The van der Waals surface area contributed by atoms with Gasteiger partial charge in [0.25, 0.3) is 0 Å². The standard InChI is InChI=1S/C25H27F2N5O2/c1-29-21(12-16-5-3-2-4-6-16)25(34)32-22(13-17-7-9-19(26)20(27)11-17)24(33)31-15-18-8-10-23(28)30-14-18/h2-11,14,21-22,29H,12-13,15H2,1H3,(H2,28,30)(H,31,33)(H,32,34)/t21-,22+/m1/s1. The van der Waals surface area contributed by atoms with Crippen LogP contribution in [0.15, 0.2) is 66.9 Å². The molecule has 2 aromatic carbocycles. The monoisotopic (exact) mass is 467 g/mol. The zero-order valence-electron chi connectivity index (χ0n) is 18.7. The van der Waals surface area contributed by atoms with Gasteiger partial charge in [-0.3, -0.25) is 9.59 Å². The summed E-state index contributed by atoms with van der Waals surface area (Å²) in [5.74, 6) is -2.50. The van der Waals surface area contributed by atoms with E-state index in [9.17, 15) is 18.4 Å². The molecule has 0 unspecified atom stereocenters. The second-order valence-electron chi connectivity index (χ2n) is 7.85. The molecule has 9 heteroatoms. The summed E-state index contributed by atoms with van der Waals surface area (Å²) < 4.78 is 27.1. The third kappa shape index (κ3) is 7.08. The minimum absolute atomic E-state index is 0.0173. The second-order valence-corrected chi connectivity index (χ2v) is 7.85. The first-order valence-corrected chi connectivity index (χ1v) is 10.8. The van der Waals surface area contributed by atoms with Crippen LogP contribution >= 0.6 is 0 Å². The molecule has 0 bridgehead atoms. The van der Waals surface area contributed by atoms with Crippen LogP contribution in [0.4, 0.5) is 14.6 Å². The number of amides is 2. The predicted octanol–water partition coefficient (Wildman–Crippen LogP) is 2.12. The molecular weight excluding hydrogens is 440 g/mol. The summed E-state index contributed by atoms with van der Waals surface area (Å²) in [4.78, 5) is 30.0. The lowest BCUT2D eigenvalue weighted by Crippen LogP contribution is -2.53. The Balaban J connectivity index is 1.73. The van der Waals surface area contributed by atoms with Crippen molar-refractivity contribution in [3.8, 4) is 0 Å². The van der Waals surface area contributed by atoms with E-state index in [0.717, 1.165) is 23.3 Å². The van der Waals surface area contributed by atoms with Crippen molar-refractivity contribution in [2.45, 2.75) is 31.5 Å². The first-order chi connectivity index (χ1) is 16.4. The first-order valence-electron chi connectivity index (χ1n) is 10.8. The van der Waals surface area contributed by atoms with E-state index in [4.69, 9.17) is 5.73 Å². The van der Waals surface area contributed by atoms with E-state index in [-0.39, 0.29) is 18.9 Å². The van der Waals surface area contributed by atoms with E-state index in [2.05, 4.69) is 20.9 Å². The van der Waals surface area contributed by atoms with Gasteiger partial charge in [0.15, 0.2) is 11.6 Å². The normalized spacial score (nSPS) is 12.6. The summed E-state index contributed by atoms with van der Waals surface area (Å²) in [7, 11) is 1.66. The zero-order valence-corrected chi connectivity index (χ0v) is 18.7. The van der Waals surface area contributed by atoms with E-state index in [1.807, 2.05) is 30.3 Å². The first kappa shape index (κ1) is 24.8. The van der Waals surface area contributed by atoms with Gasteiger partial charge in [0.2, 0.25) is 11.8 Å². The third-order valence-electron chi connectivity index (χ3n) is 5.32. The molecule has 0 spiro atoms. The van der Waals surface area contributed by atoms with Crippen LogP contribution in [-0.4, -0.2) is 35.9 Å². The summed E-state index contributed by atoms with van der Waals surface area (Å²) in [5, 5.41) is 8.47. The van der Waals surface area contributed by atoms with Crippen molar-refractivity contribution < 1.29 is 18.4 Å². The molecule has 7 nitrogen and oxygen atoms in total. The van der Waals surface area contributed by atoms with Crippen LogP contribution in [0, 0.1) is 11.6 Å². The maximum absolute atomic E-state index is 13.7. The summed E-state index contributed by atoms with van der Waals surface area (Å²) >= 11 is 0. The fourth-order valence-electron chi connectivity index (χ4n) is 3.41. The molecule has 2 amide bonds. The Morgan fingerprint density at radius 1 is 0.882 bits per heavy atom. The molecule has 0 fully saturated rings. The zero-order chi connectivity index (χ0) is 24.5. The number of nitrogens with one attached hydrogen (secondary N) is 3. The van der Waals surface area contributed by atoms with Crippen LogP contribution < -0.4 is 21.7 Å². The molecule has 0 radical (unpaired) electrons. The lowest BCUT2D eigenvalue weighted by molar-refractivity contribution is -0.130. The molecule has 1 heterocycles. The van der Waals surface area contributed by atoms with Crippen LogP contribution in [0.3, 0.4) is 0 Å². The Kier molecular flexibility index (Phi) is 8.64. The number of likely N-dealkylation sites (N-methyl/N-ethyl adjacent to an activating group) is 1. The van der Waals surface area contributed by atoms with Crippen LogP contribution in [0.2, 0.25) is 0 Å². The number of rotatable bonds is 10. The highest BCUT2D eigenvalue weighted by atomic mass is 19.2. The number of pyridine rings is 1. The number of hydrogen-bond donors (Lipinski definition) is 4. The molecule has 3 aromatic rings. The molecule has 5 N–H and O–H groups in total. The van der Waals surface area contributed by atoms with Gasteiger partial charge in [-0.1, -0.05) is 42.5 Å². The average molecular weight is 468 g/mol. The highest BCUT2D eigenvalue weighted by molar-refractivity contribution is 5.90. The fraction of sp³-hybridized carbons (Fsp3) is 0.240. The van der Waals surface area contributed by atoms with Crippen molar-refractivity contribution in [1.82, 2.24) is 20.9 Å². The number of nitrogens with two attached hydrogens (primary N) is 1. The Morgan fingerprint density at radius 2 is 1.59 bits per heavy atom. The minimum atomic E-state index is -1.02. The Labute approximate surface area is 196 Å². The lowest BCUT2D eigenvalue weighted by atomic mass is 10.0. The summed E-state index contributed by atoms with van der Waals surface area (Å²) in [5.41, 5.74) is 7.63. The predicted molar refractivity (Wildman–Crippen MR) is 125 cm³/mol. The number of aromatic nitrogens is 1. The van der Waals surface area contributed by atoms with E-state index >= 15 is 0 Å². The van der Waals surface area contributed by atoms with Gasteiger partial charge in [-0.05, 0) is 48.4 Å². The largest absolute Gasteiger partial charge is 0.384 e. The number of carbonyl (C=O) groups excluding carboxylic acids is 2. The molecule has 0 aliphatic heterocycles. The van der Waals surface area contributed by atoms with Gasteiger partial charge in [-0.25, -0.2) is 13.8 Å². The summed E-state index contributed by atoms with van der Waals surface area (Å²) in [6, 6.07) is 14.6. The third-order valence-corrected chi connectivity index (χ3v) is 5.32.